The molecular formula is C27H26N4O5. The number of anilines is 1. The molecule has 0 bridgehead atoms. The number of nitrogens with zero attached hydrogens (tertiary/aromatic N) is 3. The summed E-state index contributed by atoms with van der Waals surface area (Å²) in [7, 11) is 0. The third kappa shape index (κ3) is 5.47. The Kier molecular flexibility index (Phi) is 7.09. The minimum atomic E-state index is -0.0826. The van der Waals surface area contributed by atoms with Crippen LogP contribution in [0.5, 0.6) is 17.5 Å². The third-order valence-corrected chi connectivity index (χ3v) is 5.48. The van der Waals surface area contributed by atoms with Gasteiger partial charge in [-0.2, -0.15) is 4.98 Å². The number of benzene rings is 3. The van der Waals surface area contributed by atoms with Crippen LogP contribution in [0.4, 0.5) is 5.69 Å². The Morgan fingerprint density at radius 2 is 1.81 bits per heavy atom. The second-order valence-electron chi connectivity index (χ2n) is 8.00. The summed E-state index contributed by atoms with van der Waals surface area (Å²) in [6, 6.07) is 22.9. The molecule has 0 radical (unpaired) electrons. The van der Waals surface area contributed by atoms with Crippen LogP contribution >= 0.6 is 0 Å². The van der Waals surface area contributed by atoms with Gasteiger partial charge in [0.1, 0.15) is 6.61 Å². The first-order valence-electron chi connectivity index (χ1n) is 11.7. The number of hydrogen-bond donors (Lipinski definition) is 1. The van der Waals surface area contributed by atoms with Gasteiger partial charge in [-0.15, -0.1) is 5.10 Å². The van der Waals surface area contributed by atoms with Crippen molar-refractivity contribution < 1.29 is 23.7 Å². The molecule has 1 aliphatic rings. The van der Waals surface area contributed by atoms with Gasteiger partial charge in [0.2, 0.25) is 12.7 Å². The van der Waals surface area contributed by atoms with E-state index in [1.807, 2.05) is 79.7 Å². The van der Waals surface area contributed by atoms with E-state index in [0.29, 0.717) is 49.3 Å². The van der Waals surface area contributed by atoms with E-state index < -0.39 is 0 Å². The molecule has 5 rings (SSSR count). The van der Waals surface area contributed by atoms with Gasteiger partial charge < -0.3 is 24.3 Å². The van der Waals surface area contributed by atoms with E-state index in [1.54, 1.807) is 4.68 Å². The van der Waals surface area contributed by atoms with Crippen molar-refractivity contribution in [3.63, 3.8) is 0 Å². The van der Waals surface area contributed by atoms with Crippen molar-refractivity contribution in [1.29, 1.82) is 0 Å². The smallest absolute Gasteiger partial charge is 0.336 e. The fraction of sp³-hybridized carbons (Fsp3) is 0.222. The molecule has 0 saturated heterocycles. The Balaban J connectivity index is 1.37. The van der Waals surface area contributed by atoms with Gasteiger partial charge in [-0.3, -0.25) is 4.79 Å². The maximum atomic E-state index is 12.4. The molecule has 9 heteroatoms. The summed E-state index contributed by atoms with van der Waals surface area (Å²) in [6.45, 7) is 3.52. The standard InChI is InChI=1S/C27H26N4O5/c1-2-33-14-15-34-27-29-26(20-8-13-23-24(17-20)36-18-35-23)31(30-27)22-11-9-21(10-12-22)28-25(32)16-19-6-4-3-5-7-19/h3-13,17H,2,14-16,18H2,1H3,(H,28,32). The lowest BCUT2D eigenvalue weighted by Gasteiger charge is -2.09. The second kappa shape index (κ2) is 10.9. The molecule has 36 heavy (non-hydrogen) atoms. The van der Waals surface area contributed by atoms with E-state index in [-0.39, 0.29) is 18.7 Å². The van der Waals surface area contributed by atoms with Crippen molar-refractivity contribution in [1.82, 2.24) is 14.8 Å². The van der Waals surface area contributed by atoms with Crippen molar-refractivity contribution in [3.05, 3.63) is 78.4 Å². The molecule has 184 valence electrons. The van der Waals surface area contributed by atoms with Crippen LogP contribution in [0.15, 0.2) is 72.8 Å². The summed E-state index contributed by atoms with van der Waals surface area (Å²) in [4.78, 5) is 17.0. The van der Waals surface area contributed by atoms with Crippen molar-refractivity contribution in [2.24, 2.45) is 0 Å². The number of amides is 1. The monoisotopic (exact) mass is 486 g/mol. The zero-order valence-corrected chi connectivity index (χ0v) is 19.8. The predicted octanol–water partition coefficient (Wildman–Crippen LogP) is 4.26. The average molecular weight is 487 g/mol. The SMILES string of the molecule is CCOCCOc1nc(-c2ccc3c(c2)OCO3)n(-c2ccc(NC(=O)Cc3ccccc3)cc2)n1. The van der Waals surface area contributed by atoms with E-state index in [0.717, 1.165) is 16.8 Å². The first kappa shape index (κ1) is 23.4. The summed E-state index contributed by atoms with van der Waals surface area (Å²) in [5.74, 6) is 1.84. The van der Waals surface area contributed by atoms with Gasteiger partial charge >= 0.3 is 6.01 Å². The van der Waals surface area contributed by atoms with E-state index in [2.05, 4.69) is 15.4 Å². The van der Waals surface area contributed by atoms with Gasteiger partial charge in [-0.25, -0.2) is 4.68 Å². The second-order valence-corrected chi connectivity index (χ2v) is 8.00. The summed E-state index contributed by atoms with van der Waals surface area (Å²) < 4.78 is 23.7. The number of rotatable bonds is 10. The molecule has 2 heterocycles. The highest BCUT2D eigenvalue weighted by atomic mass is 16.7. The number of carbonyl (C=O) groups excluding carboxylic acids is 1. The Morgan fingerprint density at radius 1 is 1.00 bits per heavy atom. The van der Waals surface area contributed by atoms with Crippen LogP contribution in [0.3, 0.4) is 0 Å². The molecule has 4 aromatic rings. The maximum absolute atomic E-state index is 12.4. The highest BCUT2D eigenvalue weighted by molar-refractivity contribution is 5.92. The lowest BCUT2D eigenvalue weighted by atomic mass is 10.1. The van der Waals surface area contributed by atoms with Crippen LogP contribution in [0, 0.1) is 0 Å². The largest absolute Gasteiger partial charge is 0.460 e. The molecule has 9 nitrogen and oxygen atoms in total. The number of hydrogen-bond acceptors (Lipinski definition) is 7. The Morgan fingerprint density at radius 3 is 2.61 bits per heavy atom. The van der Waals surface area contributed by atoms with E-state index >= 15 is 0 Å². The summed E-state index contributed by atoms with van der Waals surface area (Å²) in [5.41, 5.74) is 3.21. The number of fused-ring (bicyclic) bond motifs is 1. The topological polar surface area (TPSA) is 96.7 Å². The van der Waals surface area contributed by atoms with Crippen molar-refractivity contribution in [3.8, 4) is 34.6 Å². The van der Waals surface area contributed by atoms with Gasteiger partial charge in [0, 0.05) is 17.9 Å². The molecule has 1 N–H and O–H groups in total. The van der Waals surface area contributed by atoms with Gasteiger partial charge in [0.15, 0.2) is 17.3 Å². The molecule has 3 aromatic carbocycles. The molecule has 0 unspecified atom stereocenters. The number of aromatic nitrogens is 3. The third-order valence-electron chi connectivity index (χ3n) is 5.48. The minimum absolute atomic E-state index is 0.0826. The molecule has 0 atom stereocenters. The molecule has 0 saturated carbocycles. The van der Waals surface area contributed by atoms with Gasteiger partial charge in [0.05, 0.1) is 18.7 Å². The zero-order chi connectivity index (χ0) is 24.7. The fourth-order valence-electron chi connectivity index (χ4n) is 3.77. The summed E-state index contributed by atoms with van der Waals surface area (Å²) in [5, 5.41) is 7.50. The number of ether oxygens (including phenoxy) is 4. The van der Waals surface area contributed by atoms with Crippen LogP contribution in [0.25, 0.3) is 17.1 Å². The molecular weight excluding hydrogens is 460 g/mol. The molecule has 0 spiro atoms. The van der Waals surface area contributed by atoms with E-state index in [9.17, 15) is 4.79 Å². The normalized spacial score (nSPS) is 11.9. The minimum Gasteiger partial charge on any atom is -0.460 e. The highest BCUT2D eigenvalue weighted by Crippen LogP contribution is 2.36. The van der Waals surface area contributed by atoms with Gasteiger partial charge in [-0.05, 0) is 55.0 Å². The molecule has 1 amide bonds. The zero-order valence-electron chi connectivity index (χ0n) is 19.8. The summed E-state index contributed by atoms with van der Waals surface area (Å²) >= 11 is 0. The van der Waals surface area contributed by atoms with Crippen LogP contribution in [0.2, 0.25) is 0 Å². The first-order chi connectivity index (χ1) is 17.7. The average Bonchev–Trinajstić information content (AvgIpc) is 3.54. The van der Waals surface area contributed by atoms with Gasteiger partial charge in [0.25, 0.3) is 0 Å². The van der Waals surface area contributed by atoms with Crippen LogP contribution in [0.1, 0.15) is 12.5 Å². The van der Waals surface area contributed by atoms with Crippen LogP contribution in [-0.4, -0.2) is 47.3 Å². The summed E-state index contributed by atoms with van der Waals surface area (Å²) in [6.07, 6.45) is 0.308. The predicted molar refractivity (Wildman–Crippen MR) is 134 cm³/mol. The van der Waals surface area contributed by atoms with E-state index in [4.69, 9.17) is 18.9 Å². The number of nitrogens with one attached hydrogen (secondary N) is 1. The van der Waals surface area contributed by atoms with Crippen molar-refractivity contribution in [2.75, 3.05) is 31.9 Å². The lowest BCUT2D eigenvalue weighted by molar-refractivity contribution is -0.115. The lowest BCUT2D eigenvalue weighted by Crippen LogP contribution is -2.14. The fourth-order valence-corrected chi connectivity index (χ4v) is 3.77. The van der Waals surface area contributed by atoms with Crippen LogP contribution in [-0.2, 0) is 16.0 Å². The quantitative estimate of drug-likeness (QED) is 0.335. The van der Waals surface area contributed by atoms with Crippen molar-refractivity contribution in [2.45, 2.75) is 13.3 Å². The van der Waals surface area contributed by atoms with E-state index in [1.165, 1.54) is 0 Å². The maximum Gasteiger partial charge on any atom is 0.336 e. The Labute approximate surface area is 208 Å². The Hall–Kier alpha value is -4.37. The molecule has 1 aliphatic heterocycles. The molecule has 1 aromatic heterocycles. The molecule has 0 fully saturated rings. The van der Waals surface area contributed by atoms with Crippen LogP contribution < -0.4 is 19.5 Å². The van der Waals surface area contributed by atoms with Gasteiger partial charge in [-0.1, -0.05) is 30.3 Å². The first-order valence-corrected chi connectivity index (χ1v) is 11.7. The van der Waals surface area contributed by atoms with Crippen molar-refractivity contribution >= 4 is 11.6 Å². The number of carbonyl (C=O) groups is 1. The highest BCUT2D eigenvalue weighted by Gasteiger charge is 2.19. The Bertz CT molecular complexity index is 1320. The molecule has 0 aliphatic carbocycles.